The average molecular weight is 425 g/mol. The molecule has 0 radical (unpaired) electrons. The van der Waals surface area contributed by atoms with E-state index in [1.165, 1.54) is 6.26 Å². The second-order valence-corrected chi connectivity index (χ2v) is 6.61. The van der Waals surface area contributed by atoms with Gasteiger partial charge in [-0.2, -0.15) is 0 Å². The Balaban J connectivity index is 1.81. The molecule has 3 rings (SSSR count). The fourth-order valence-corrected chi connectivity index (χ4v) is 2.80. The van der Waals surface area contributed by atoms with Crippen molar-refractivity contribution >= 4 is 33.8 Å². The van der Waals surface area contributed by atoms with Crippen LogP contribution in [0, 0.1) is 0 Å². The van der Waals surface area contributed by atoms with Gasteiger partial charge in [-0.1, -0.05) is 46.3 Å². The number of furan rings is 1. The summed E-state index contributed by atoms with van der Waals surface area (Å²) >= 11 is 3.40. The third-order valence-corrected chi connectivity index (χ3v) is 4.19. The van der Waals surface area contributed by atoms with Crippen molar-refractivity contribution < 1.29 is 14.0 Å². The summed E-state index contributed by atoms with van der Waals surface area (Å²) < 4.78 is 6.10. The predicted octanol–water partition coefficient (Wildman–Crippen LogP) is 4.13. The minimum atomic E-state index is -0.407. The van der Waals surface area contributed by atoms with E-state index >= 15 is 0 Å². The highest BCUT2D eigenvalue weighted by Gasteiger charge is 2.15. The summed E-state index contributed by atoms with van der Waals surface area (Å²) in [6.45, 7) is 0.225. The van der Waals surface area contributed by atoms with Gasteiger partial charge >= 0.3 is 0 Å². The molecular weight excluding hydrogens is 408 g/mol. The maximum atomic E-state index is 12.6. The molecule has 3 aromatic rings. The molecule has 0 saturated heterocycles. The fourth-order valence-electron chi connectivity index (χ4n) is 2.38. The second kappa shape index (κ2) is 9.00. The Kier molecular flexibility index (Phi) is 6.22. The fraction of sp³-hybridized carbons (Fsp3) is 0.0476. The quantitative estimate of drug-likeness (QED) is 0.584. The van der Waals surface area contributed by atoms with E-state index in [9.17, 15) is 9.59 Å². The van der Waals surface area contributed by atoms with Gasteiger partial charge in [-0.25, -0.2) is 0 Å². The molecule has 0 aliphatic heterocycles. The molecule has 0 atom stereocenters. The van der Waals surface area contributed by atoms with Crippen molar-refractivity contribution in [1.29, 1.82) is 0 Å². The van der Waals surface area contributed by atoms with Crippen molar-refractivity contribution in [1.82, 2.24) is 10.6 Å². The zero-order valence-electron chi connectivity index (χ0n) is 14.3. The summed E-state index contributed by atoms with van der Waals surface area (Å²) in [6, 6.07) is 19.7. The van der Waals surface area contributed by atoms with Crippen LogP contribution in [0.5, 0.6) is 0 Å². The number of halogens is 1. The predicted molar refractivity (Wildman–Crippen MR) is 107 cm³/mol. The van der Waals surface area contributed by atoms with Crippen LogP contribution >= 0.6 is 15.9 Å². The molecule has 0 fully saturated rings. The number of nitrogens with one attached hydrogen (secondary N) is 2. The first kappa shape index (κ1) is 18.7. The highest BCUT2D eigenvalue weighted by molar-refractivity contribution is 9.10. The Bertz CT molecular complexity index is 951. The summed E-state index contributed by atoms with van der Waals surface area (Å²) in [6.07, 6.45) is 3.17. The summed E-state index contributed by atoms with van der Waals surface area (Å²) in [7, 11) is 0. The lowest BCUT2D eigenvalue weighted by Gasteiger charge is -2.11. The van der Waals surface area contributed by atoms with Gasteiger partial charge in [0.1, 0.15) is 11.5 Å². The molecule has 0 aliphatic carbocycles. The van der Waals surface area contributed by atoms with Gasteiger partial charge in [0.25, 0.3) is 11.8 Å². The Labute approximate surface area is 165 Å². The maximum absolute atomic E-state index is 12.6. The average Bonchev–Trinajstić information content (AvgIpc) is 3.20. The van der Waals surface area contributed by atoms with Crippen LogP contribution in [0.1, 0.15) is 21.7 Å². The molecular formula is C21H17BrN2O3. The first-order chi connectivity index (χ1) is 13.1. The first-order valence-electron chi connectivity index (χ1n) is 8.26. The molecule has 0 aliphatic rings. The molecule has 5 nitrogen and oxygen atoms in total. The molecule has 2 N–H and O–H groups in total. The number of carbonyl (C=O) groups is 2. The van der Waals surface area contributed by atoms with Crippen LogP contribution in [0.15, 0.2) is 87.6 Å². The van der Waals surface area contributed by atoms with E-state index in [0.717, 1.165) is 10.0 Å². The normalized spacial score (nSPS) is 11.1. The van der Waals surface area contributed by atoms with Gasteiger partial charge in [-0.15, -0.1) is 0 Å². The number of carbonyl (C=O) groups excluding carboxylic acids is 2. The number of hydrogen-bond donors (Lipinski definition) is 2. The summed E-state index contributed by atoms with van der Waals surface area (Å²) in [4.78, 5) is 25.1. The van der Waals surface area contributed by atoms with E-state index in [2.05, 4.69) is 26.6 Å². The van der Waals surface area contributed by atoms with Crippen molar-refractivity contribution in [2.45, 2.75) is 6.54 Å². The summed E-state index contributed by atoms with van der Waals surface area (Å²) in [5.41, 5.74) is 1.39. The van der Waals surface area contributed by atoms with Crippen LogP contribution in [0.3, 0.4) is 0 Å². The van der Waals surface area contributed by atoms with Gasteiger partial charge < -0.3 is 15.1 Å². The largest absolute Gasteiger partial charge is 0.467 e. The first-order valence-corrected chi connectivity index (χ1v) is 9.05. The lowest BCUT2D eigenvalue weighted by Crippen LogP contribution is -2.34. The zero-order chi connectivity index (χ0) is 19.1. The van der Waals surface area contributed by atoms with Crippen molar-refractivity contribution in [3.05, 3.63) is 100 Å². The minimum Gasteiger partial charge on any atom is -0.467 e. The summed E-state index contributed by atoms with van der Waals surface area (Å²) in [5, 5.41) is 5.44. The topological polar surface area (TPSA) is 71.3 Å². The SMILES string of the molecule is O=C(NCc1ccco1)/C(=C\c1cccc(Br)c1)NC(=O)c1ccccc1. The zero-order valence-corrected chi connectivity index (χ0v) is 15.9. The van der Waals surface area contributed by atoms with Crippen molar-refractivity contribution in [3.8, 4) is 0 Å². The van der Waals surface area contributed by atoms with Crippen molar-refractivity contribution in [3.63, 3.8) is 0 Å². The van der Waals surface area contributed by atoms with Crippen LogP contribution in [-0.4, -0.2) is 11.8 Å². The molecule has 1 aromatic heterocycles. The van der Waals surface area contributed by atoms with Crippen molar-refractivity contribution in [2.24, 2.45) is 0 Å². The van der Waals surface area contributed by atoms with E-state index in [1.54, 1.807) is 42.5 Å². The molecule has 136 valence electrons. The molecule has 0 unspecified atom stereocenters. The monoisotopic (exact) mass is 424 g/mol. The van der Waals surface area contributed by atoms with Gasteiger partial charge in [-0.3, -0.25) is 9.59 Å². The number of amides is 2. The molecule has 0 saturated carbocycles. The molecule has 0 spiro atoms. The third kappa shape index (κ3) is 5.43. The van der Waals surface area contributed by atoms with Crippen LogP contribution in [0.4, 0.5) is 0 Å². The number of hydrogen-bond acceptors (Lipinski definition) is 3. The Morgan fingerprint density at radius 2 is 1.81 bits per heavy atom. The van der Waals surface area contributed by atoms with Gasteiger partial charge in [0.15, 0.2) is 0 Å². The molecule has 2 aromatic carbocycles. The van der Waals surface area contributed by atoms with E-state index in [4.69, 9.17) is 4.42 Å². The van der Waals surface area contributed by atoms with Gasteiger partial charge in [-0.05, 0) is 48.0 Å². The van der Waals surface area contributed by atoms with E-state index in [-0.39, 0.29) is 18.1 Å². The van der Waals surface area contributed by atoms with Crippen LogP contribution in [0.25, 0.3) is 6.08 Å². The van der Waals surface area contributed by atoms with Crippen LogP contribution in [-0.2, 0) is 11.3 Å². The minimum absolute atomic E-state index is 0.147. The van der Waals surface area contributed by atoms with Crippen LogP contribution < -0.4 is 10.6 Å². The Hall–Kier alpha value is -3.12. The highest BCUT2D eigenvalue weighted by atomic mass is 79.9. The summed E-state index contributed by atoms with van der Waals surface area (Å²) in [5.74, 6) is -0.139. The van der Waals surface area contributed by atoms with Crippen LogP contribution in [0.2, 0.25) is 0 Å². The number of benzene rings is 2. The van der Waals surface area contributed by atoms with Crippen molar-refractivity contribution in [2.75, 3.05) is 0 Å². The Morgan fingerprint density at radius 1 is 1.00 bits per heavy atom. The standard InChI is InChI=1S/C21H17BrN2O3/c22-17-9-4-6-15(12-17)13-19(21(26)23-14-18-10-5-11-27-18)24-20(25)16-7-2-1-3-8-16/h1-13H,14H2,(H,23,26)(H,24,25)/b19-13+. The molecule has 2 amide bonds. The van der Waals surface area contributed by atoms with Gasteiger partial charge in [0.2, 0.25) is 0 Å². The molecule has 1 heterocycles. The maximum Gasteiger partial charge on any atom is 0.268 e. The molecule has 0 bridgehead atoms. The Morgan fingerprint density at radius 3 is 2.52 bits per heavy atom. The van der Waals surface area contributed by atoms with Gasteiger partial charge in [0.05, 0.1) is 12.8 Å². The van der Waals surface area contributed by atoms with E-state index in [1.807, 2.05) is 30.3 Å². The highest BCUT2D eigenvalue weighted by Crippen LogP contribution is 2.14. The third-order valence-electron chi connectivity index (χ3n) is 3.69. The smallest absolute Gasteiger partial charge is 0.268 e. The number of rotatable bonds is 6. The molecule has 27 heavy (non-hydrogen) atoms. The lowest BCUT2D eigenvalue weighted by atomic mass is 10.1. The van der Waals surface area contributed by atoms with Gasteiger partial charge in [0, 0.05) is 10.0 Å². The molecule has 6 heteroatoms. The lowest BCUT2D eigenvalue weighted by molar-refractivity contribution is -0.118. The van der Waals surface area contributed by atoms with E-state index < -0.39 is 5.91 Å². The second-order valence-electron chi connectivity index (χ2n) is 5.70. The van der Waals surface area contributed by atoms with E-state index in [0.29, 0.717) is 11.3 Å².